The van der Waals surface area contributed by atoms with Crippen LogP contribution in [0, 0.1) is 0 Å². The molecule has 0 aromatic carbocycles. The molecule has 0 aliphatic carbocycles. The fourth-order valence-corrected chi connectivity index (χ4v) is 7.27. The number of aliphatic carboxylic acids is 1. The quantitative estimate of drug-likeness (QED) is 0.786. The number of thioether (sulfide) groups is 1. The molecule has 1 aromatic rings. The number of aromatic amines is 1. The Morgan fingerprint density at radius 3 is 2.76 bits per heavy atom. The summed E-state index contributed by atoms with van der Waals surface area (Å²) in [6, 6.07) is 0. The van der Waals surface area contributed by atoms with E-state index in [1.54, 1.807) is 12.4 Å². The molecule has 2 atom stereocenters. The Morgan fingerprint density at radius 1 is 1.57 bits per heavy atom. The molecule has 2 N–H and O–H groups in total. The average molecular weight is 326 g/mol. The maximum Gasteiger partial charge on any atom is 0.318 e. The second-order valence-corrected chi connectivity index (χ2v) is 12.9. The molecule has 7 heteroatoms. The molecule has 2 unspecified atom stereocenters. The lowest BCUT2D eigenvalue weighted by atomic mass is 9.95. The van der Waals surface area contributed by atoms with E-state index in [9.17, 15) is 9.90 Å². The first-order chi connectivity index (χ1) is 9.84. The van der Waals surface area contributed by atoms with E-state index in [1.807, 2.05) is 12.3 Å². The van der Waals surface area contributed by atoms with Crippen LogP contribution in [0.1, 0.15) is 18.7 Å². The molecular weight excluding hydrogens is 304 g/mol. The number of nitrogens with one attached hydrogen (secondary N) is 1. The maximum atomic E-state index is 12.2. The summed E-state index contributed by atoms with van der Waals surface area (Å²) in [4.78, 5) is 19.6. The van der Waals surface area contributed by atoms with Gasteiger partial charge in [0.2, 0.25) is 0 Å². The molecule has 2 heterocycles. The summed E-state index contributed by atoms with van der Waals surface area (Å²) in [5, 5.41) is 12.0. The van der Waals surface area contributed by atoms with Crippen LogP contribution in [-0.4, -0.2) is 46.7 Å². The zero-order valence-electron chi connectivity index (χ0n) is 12.8. The Hall–Kier alpha value is -1.05. The van der Waals surface area contributed by atoms with E-state index in [2.05, 4.69) is 29.6 Å². The zero-order chi connectivity index (χ0) is 15.7. The number of ether oxygens (including phenoxy) is 1. The van der Waals surface area contributed by atoms with Crippen LogP contribution in [0.5, 0.6) is 0 Å². The Morgan fingerprint density at radius 2 is 2.29 bits per heavy atom. The van der Waals surface area contributed by atoms with Crippen molar-refractivity contribution >= 4 is 25.8 Å². The third-order valence-corrected chi connectivity index (χ3v) is 10.00. The number of aromatic nitrogens is 2. The smallest absolute Gasteiger partial charge is 0.318 e. The van der Waals surface area contributed by atoms with Gasteiger partial charge in [0.1, 0.15) is 10.2 Å². The van der Waals surface area contributed by atoms with E-state index in [1.165, 1.54) is 11.8 Å². The number of carboxylic acid groups (broad SMARTS) is 1. The summed E-state index contributed by atoms with van der Waals surface area (Å²) < 4.78 is 4.68. The fourth-order valence-electron chi connectivity index (χ4n) is 2.81. The molecule has 116 valence electrons. The first-order valence-corrected chi connectivity index (χ1v) is 11.4. The number of carboxylic acids is 1. The highest BCUT2D eigenvalue weighted by Gasteiger charge is 2.60. The molecule has 0 radical (unpaired) electrons. The minimum atomic E-state index is -2.04. The number of imidazole rings is 1. The highest BCUT2D eigenvalue weighted by atomic mass is 32.2. The number of rotatable bonds is 6. The molecule has 0 saturated heterocycles. The second kappa shape index (κ2) is 5.98. The van der Waals surface area contributed by atoms with Crippen LogP contribution in [0.2, 0.25) is 19.6 Å². The first-order valence-electron chi connectivity index (χ1n) is 7.01. The third kappa shape index (κ3) is 2.69. The number of hydrogen-bond donors (Lipinski definition) is 2. The summed E-state index contributed by atoms with van der Waals surface area (Å²) in [5.74, 6) is -0.292. The molecular formula is C14H22N2O3SSi. The van der Waals surface area contributed by atoms with Crippen molar-refractivity contribution < 1.29 is 14.6 Å². The molecule has 0 bridgehead atoms. The average Bonchev–Trinajstić information content (AvgIpc) is 3.02. The SMILES string of the molecule is CCOCC1=CSC(C(=O)O)([Si](C)(C)C)C1c1ncc[nH]1. The van der Waals surface area contributed by atoms with Crippen molar-refractivity contribution in [2.45, 2.75) is 36.9 Å². The van der Waals surface area contributed by atoms with Crippen molar-refractivity contribution in [1.82, 2.24) is 9.97 Å². The van der Waals surface area contributed by atoms with E-state index >= 15 is 0 Å². The molecule has 5 nitrogen and oxygen atoms in total. The number of hydrogen-bond acceptors (Lipinski definition) is 4. The lowest BCUT2D eigenvalue weighted by molar-refractivity contribution is -0.138. The van der Waals surface area contributed by atoms with Crippen LogP contribution < -0.4 is 0 Å². The van der Waals surface area contributed by atoms with E-state index in [4.69, 9.17) is 4.74 Å². The van der Waals surface area contributed by atoms with Crippen LogP contribution in [0.25, 0.3) is 0 Å². The first kappa shape index (κ1) is 16.3. The van der Waals surface area contributed by atoms with Gasteiger partial charge in [-0.1, -0.05) is 19.6 Å². The summed E-state index contributed by atoms with van der Waals surface area (Å²) >= 11 is 1.43. The van der Waals surface area contributed by atoms with Gasteiger partial charge >= 0.3 is 5.97 Å². The van der Waals surface area contributed by atoms with Crippen LogP contribution >= 0.6 is 11.8 Å². The van der Waals surface area contributed by atoms with Gasteiger partial charge in [-0.05, 0) is 17.9 Å². The van der Waals surface area contributed by atoms with Crippen molar-refractivity contribution in [1.29, 1.82) is 0 Å². The molecule has 0 spiro atoms. The van der Waals surface area contributed by atoms with E-state index in [0.717, 1.165) is 11.4 Å². The Labute approximate surface area is 130 Å². The fraction of sp³-hybridized carbons (Fsp3) is 0.571. The zero-order valence-corrected chi connectivity index (χ0v) is 14.7. The van der Waals surface area contributed by atoms with Crippen LogP contribution in [0.4, 0.5) is 0 Å². The minimum Gasteiger partial charge on any atom is -0.480 e. The van der Waals surface area contributed by atoms with Crippen LogP contribution in [-0.2, 0) is 9.53 Å². The van der Waals surface area contributed by atoms with Crippen molar-refractivity contribution in [3.05, 3.63) is 29.2 Å². The molecule has 0 fully saturated rings. The van der Waals surface area contributed by atoms with E-state index in [0.29, 0.717) is 13.2 Å². The molecule has 0 amide bonds. The summed E-state index contributed by atoms with van der Waals surface area (Å²) in [6.45, 7) is 9.30. The minimum absolute atomic E-state index is 0.256. The van der Waals surface area contributed by atoms with Gasteiger partial charge in [0, 0.05) is 19.0 Å². The lowest BCUT2D eigenvalue weighted by Gasteiger charge is -2.40. The largest absolute Gasteiger partial charge is 0.480 e. The van der Waals surface area contributed by atoms with Crippen molar-refractivity contribution in [3.63, 3.8) is 0 Å². The van der Waals surface area contributed by atoms with Crippen LogP contribution in [0.3, 0.4) is 0 Å². The highest BCUT2D eigenvalue weighted by Crippen LogP contribution is 2.55. The number of carbonyl (C=O) groups is 1. The predicted octanol–water partition coefficient (Wildman–Crippen LogP) is 2.86. The molecule has 2 rings (SSSR count). The highest BCUT2D eigenvalue weighted by molar-refractivity contribution is 8.06. The lowest BCUT2D eigenvalue weighted by Crippen LogP contribution is -2.58. The van der Waals surface area contributed by atoms with E-state index < -0.39 is 18.4 Å². The topological polar surface area (TPSA) is 75.2 Å². The number of nitrogens with zero attached hydrogens (tertiary/aromatic N) is 1. The molecule has 1 aliphatic heterocycles. The maximum absolute atomic E-state index is 12.2. The molecule has 0 saturated carbocycles. The van der Waals surface area contributed by atoms with Crippen molar-refractivity contribution in [2.24, 2.45) is 0 Å². The standard InChI is InChI=1S/C14H22N2O3SSi/c1-5-19-8-10-9-20-14(13(17)18,21(2,3)4)11(10)12-15-6-7-16-12/h6-7,9,11H,5,8H2,1-4H3,(H,15,16)(H,17,18). The van der Waals surface area contributed by atoms with Gasteiger partial charge in [-0.15, -0.1) is 11.8 Å². The van der Waals surface area contributed by atoms with Gasteiger partial charge in [-0.2, -0.15) is 0 Å². The van der Waals surface area contributed by atoms with Gasteiger partial charge in [0.05, 0.1) is 20.6 Å². The van der Waals surface area contributed by atoms with Crippen molar-refractivity contribution in [2.75, 3.05) is 13.2 Å². The Kier molecular flexibility index (Phi) is 4.65. The summed E-state index contributed by atoms with van der Waals surface area (Å²) in [5.41, 5.74) is 1.00. The van der Waals surface area contributed by atoms with Gasteiger partial charge in [0.25, 0.3) is 0 Å². The molecule has 21 heavy (non-hydrogen) atoms. The Bertz CT molecular complexity index is 539. The van der Waals surface area contributed by atoms with Gasteiger partial charge in [-0.25, -0.2) is 4.98 Å². The van der Waals surface area contributed by atoms with Gasteiger partial charge < -0.3 is 14.8 Å². The molecule has 1 aromatic heterocycles. The third-order valence-electron chi connectivity index (χ3n) is 3.87. The normalized spacial score (nSPS) is 25.9. The summed E-state index contributed by atoms with van der Waals surface area (Å²) in [6.07, 6.45) is 3.42. The Balaban J connectivity index is 2.49. The van der Waals surface area contributed by atoms with Gasteiger partial charge in [-0.3, -0.25) is 4.79 Å². The monoisotopic (exact) mass is 326 g/mol. The summed E-state index contributed by atoms with van der Waals surface area (Å²) in [7, 11) is -2.04. The predicted molar refractivity (Wildman–Crippen MR) is 87.2 cm³/mol. The number of H-pyrrole nitrogens is 1. The second-order valence-electron chi connectivity index (χ2n) is 6.15. The van der Waals surface area contributed by atoms with E-state index in [-0.39, 0.29) is 5.92 Å². The van der Waals surface area contributed by atoms with Crippen LogP contribution in [0.15, 0.2) is 23.4 Å². The van der Waals surface area contributed by atoms with Crippen molar-refractivity contribution in [3.8, 4) is 0 Å². The molecule has 1 aliphatic rings. The van der Waals surface area contributed by atoms with Gasteiger partial charge in [0.15, 0.2) is 0 Å².